The van der Waals surface area contributed by atoms with Crippen molar-refractivity contribution in [1.29, 1.82) is 0 Å². The minimum atomic E-state index is -4.57. The van der Waals surface area contributed by atoms with E-state index in [1.165, 1.54) is 6.08 Å². The first-order chi connectivity index (χ1) is 17.2. The van der Waals surface area contributed by atoms with Gasteiger partial charge >= 0.3 is 11.9 Å². The fraction of sp³-hybridized carbons (Fsp3) is 0.269. The van der Waals surface area contributed by atoms with Crippen LogP contribution in [-0.4, -0.2) is 27.3 Å². The lowest BCUT2D eigenvalue weighted by atomic mass is 9.96. The van der Waals surface area contributed by atoms with Crippen LogP contribution < -0.4 is 15.2 Å². The van der Waals surface area contributed by atoms with Gasteiger partial charge in [0.25, 0.3) is 0 Å². The molecule has 1 atom stereocenters. The summed E-state index contributed by atoms with van der Waals surface area (Å²) >= 11 is 0. The van der Waals surface area contributed by atoms with Gasteiger partial charge in [-0.3, -0.25) is 4.57 Å². The fourth-order valence-corrected chi connectivity index (χ4v) is 4.23. The van der Waals surface area contributed by atoms with Gasteiger partial charge < -0.3 is 9.47 Å². The van der Waals surface area contributed by atoms with E-state index >= 15 is 0 Å². The number of alkyl halides is 4. The molecule has 186 valence electrons. The highest BCUT2D eigenvalue weighted by atomic mass is 19.4. The van der Waals surface area contributed by atoms with Crippen molar-refractivity contribution in [2.75, 3.05) is 6.61 Å². The summed E-state index contributed by atoms with van der Waals surface area (Å²) in [4.78, 5) is 19.9. The molecular weight excluding hydrogens is 478 g/mol. The molecule has 0 N–H and O–H groups in total. The molecule has 1 aliphatic carbocycles. The van der Waals surface area contributed by atoms with Crippen LogP contribution in [0.1, 0.15) is 23.2 Å². The standard InChI is InChI=1S/C26H21F4N3O3/c1-15-2-5-19-17(10-15)8-9-33-21(19)12-24(32-25(33)34)35-14-16-3-6-22(20(27)11-16)36-18-4-7-23(31-13-18)26(28,29)30/h2-7,10,12-13,20H,8-9,11,14H2,1H3. The minimum Gasteiger partial charge on any atom is -0.473 e. The molecule has 0 saturated heterocycles. The lowest BCUT2D eigenvalue weighted by Crippen LogP contribution is -2.28. The Morgan fingerprint density at radius 3 is 2.69 bits per heavy atom. The normalized spacial score (nSPS) is 17.0. The Bertz CT molecular complexity index is 1430. The summed E-state index contributed by atoms with van der Waals surface area (Å²) in [6, 6.07) is 9.65. The van der Waals surface area contributed by atoms with Gasteiger partial charge in [0.15, 0.2) is 6.17 Å². The third-order valence-electron chi connectivity index (χ3n) is 6.03. The Balaban J connectivity index is 1.28. The van der Waals surface area contributed by atoms with Crippen molar-refractivity contribution in [2.24, 2.45) is 0 Å². The highest BCUT2D eigenvalue weighted by Gasteiger charge is 2.32. The van der Waals surface area contributed by atoms with E-state index in [-0.39, 0.29) is 30.4 Å². The monoisotopic (exact) mass is 499 g/mol. The number of pyridine rings is 1. The fourth-order valence-electron chi connectivity index (χ4n) is 4.23. The summed E-state index contributed by atoms with van der Waals surface area (Å²) < 4.78 is 65.4. The summed E-state index contributed by atoms with van der Waals surface area (Å²) in [5.74, 6) is 0.106. The topological polar surface area (TPSA) is 66.2 Å². The molecule has 2 aromatic heterocycles. The Morgan fingerprint density at radius 1 is 1.14 bits per heavy atom. The molecule has 5 rings (SSSR count). The van der Waals surface area contributed by atoms with Crippen molar-refractivity contribution in [3.05, 3.63) is 93.4 Å². The van der Waals surface area contributed by atoms with E-state index in [0.29, 0.717) is 12.1 Å². The molecule has 1 unspecified atom stereocenters. The van der Waals surface area contributed by atoms with Crippen LogP contribution in [0.3, 0.4) is 0 Å². The third kappa shape index (κ3) is 4.89. The number of hydrogen-bond acceptors (Lipinski definition) is 5. The molecule has 2 aliphatic rings. The van der Waals surface area contributed by atoms with Gasteiger partial charge in [-0.1, -0.05) is 29.8 Å². The van der Waals surface area contributed by atoms with E-state index in [1.807, 2.05) is 19.1 Å². The smallest absolute Gasteiger partial charge is 0.433 e. The number of rotatable bonds is 5. The van der Waals surface area contributed by atoms with Crippen LogP contribution in [0.2, 0.25) is 0 Å². The van der Waals surface area contributed by atoms with Crippen LogP contribution >= 0.6 is 0 Å². The zero-order chi connectivity index (χ0) is 25.4. The number of benzene rings is 1. The van der Waals surface area contributed by atoms with Crippen LogP contribution in [-0.2, 0) is 19.1 Å². The Kier molecular flexibility index (Phi) is 6.11. The summed E-state index contributed by atoms with van der Waals surface area (Å²) in [5.41, 5.74) is 3.13. The first-order valence-electron chi connectivity index (χ1n) is 11.3. The van der Waals surface area contributed by atoms with Gasteiger partial charge in [-0.15, -0.1) is 0 Å². The van der Waals surface area contributed by atoms with Gasteiger partial charge in [-0.2, -0.15) is 18.2 Å². The van der Waals surface area contributed by atoms with Gasteiger partial charge in [0.1, 0.15) is 23.8 Å². The molecule has 0 fully saturated rings. The average molecular weight is 499 g/mol. The second kappa shape index (κ2) is 9.25. The van der Waals surface area contributed by atoms with Crippen molar-refractivity contribution >= 4 is 0 Å². The number of allylic oxidation sites excluding steroid dienone is 3. The Morgan fingerprint density at radius 2 is 1.97 bits per heavy atom. The Labute approximate surface area is 203 Å². The van der Waals surface area contributed by atoms with E-state index in [0.717, 1.165) is 47.1 Å². The second-order valence-electron chi connectivity index (χ2n) is 8.66. The van der Waals surface area contributed by atoms with E-state index in [2.05, 4.69) is 16.0 Å². The molecule has 3 heterocycles. The summed E-state index contributed by atoms with van der Waals surface area (Å²) in [6.45, 7) is 2.57. The number of aromatic nitrogens is 3. The average Bonchev–Trinajstić information content (AvgIpc) is 2.83. The maximum absolute atomic E-state index is 14.7. The molecule has 0 amide bonds. The van der Waals surface area contributed by atoms with Gasteiger partial charge in [0, 0.05) is 24.6 Å². The van der Waals surface area contributed by atoms with Crippen molar-refractivity contribution < 1.29 is 27.0 Å². The maximum Gasteiger partial charge on any atom is 0.433 e. The van der Waals surface area contributed by atoms with Crippen molar-refractivity contribution in [3.63, 3.8) is 0 Å². The number of hydrogen-bond donors (Lipinski definition) is 0. The highest BCUT2D eigenvalue weighted by Crippen LogP contribution is 2.32. The van der Waals surface area contributed by atoms with E-state index < -0.39 is 23.7 Å². The number of halogens is 4. The first-order valence-corrected chi connectivity index (χ1v) is 11.3. The molecule has 0 radical (unpaired) electrons. The second-order valence-corrected chi connectivity index (χ2v) is 8.66. The molecule has 1 aromatic carbocycles. The zero-order valence-corrected chi connectivity index (χ0v) is 19.2. The first kappa shape index (κ1) is 23.8. The molecular formula is C26H21F4N3O3. The lowest BCUT2D eigenvalue weighted by Gasteiger charge is -2.22. The molecule has 0 saturated carbocycles. The third-order valence-corrected chi connectivity index (χ3v) is 6.03. The van der Waals surface area contributed by atoms with Crippen molar-refractivity contribution in [1.82, 2.24) is 14.5 Å². The number of nitrogens with zero attached hydrogens (tertiary/aromatic N) is 3. The zero-order valence-electron chi connectivity index (χ0n) is 19.2. The van der Waals surface area contributed by atoms with Crippen LogP contribution in [0.25, 0.3) is 11.3 Å². The lowest BCUT2D eigenvalue weighted by molar-refractivity contribution is -0.141. The number of aryl methyl sites for hydroxylation is 2. The van der Waals surface area contributed by atoms with Gasteiger partial charge in [0.2, 0.25) is 5.88 Å². The van der Waals surface area contributed by atoms with Crippen LogP contribution in [0.4, 0.5) is 17.6 Å². The van der Waals surface area contributed by atoms with Crippen LogP contribution in [0.15, 0.2) is 70.9 Å². The molecule has 36 heavy (non-hydrogen) atoms. The molecule has 3 aromatic rings. The summed E-state index contributed by atoms with van der Waals surface area (Å²) in [6.07, 6.45) is -1.46. The molecule has 0 bridgehead atoms. The maximum atomic E-state index is 14.7. The number of fused-ring (bicyclic) bond motifs is 3. The van der Waals surface area contributed by atoms with Crippen molar-refractivity contribution in [3.8, 4) is 22.9 Å². The predicted molar refractivity (Wildman–Crippen MR) is 123 cm³/mol. The van der Waals surface area contributed by atoms with Crippen LogP contribution in [0, 0.1) is 6.92 Å². The minimum absolute atomic E-state index is 0.000732. The van der Waals surface area contributed by atoms with E-state index in [4.69, 9.17) is 9.47 Å². The largest absolute Gasteiger partial charge is 0.473 e. The summed E-state index contributed by atoms with van der Waals surface area (Å²) in [5, 5.41) is 0. The van der Waals surface area contributed by atoms with Gasteiger partial charge in [0.05, 0.1) is 11.9 Å². The predicted octanol–water partition coefficient (Wildman–Crippen LogP) is 5.20. The van der Waals surface area contributed by atoms with E-state index in [9.17, 15) is 22.4 Å². The molecule has 0 spiro atoms. The van der Waals surface area contributed by atoms with Crippen molar-refractivity contribution in [2.45, 2.75) is 38.7 Å². The van der Waals surface area contributed by atoms with E-state index in [1.54, 1.807) is 16.7 Å². The SMILES string of the molecule is Cc1ccc2c(c1)CCn1c-2cc(OCC2=CC=C(Oc3ccc(C(F)(F)F)nc3)C(F)C2)nc1=O. The summed E-state index contributed by atoms with van der Waals surface area (Å²) in [7, 11) is 0. The van der Waals surface area contributed by atoms with Gasteiger partial charge in [-0.05, 0) is 42.7 Å². The van der Waals surface area contributed by atoms with Crippen LogP contribution in [0.5, 0.6) is 11.6 Å². The molecule has 6 nitrogen and oxygen atoms in total. The highest BCUT2D eigenvalue weighted by molar-refractivity contribution is 5.67. The Hall–Kier alpha value is -3.95. The van der Waals surface area contributed by atoms with Gasteiger partial charge in [-0.25, -0.2) is 14.2 Å². The molecule has 10 heteroatoms. The quantitative estimate of drug-likeness (QED) is 0.452. The molecule has 1 aliphatic heterocycles. The number of ether oxygens (including phenoxy) is 2.